The summed E-state index contributed by atoms with van der Waals surface area (Å²) in [5.74, 6) is -0.161. The number of nitrogens with zero attached hydrogens (tertiary/aromatic N) is 1. The molecule has 0 aliphatic heterocycles. The quantitative estimate of drug-likeness (QED) is 0.891. The van der Waals surface area contributed by atoms with E-state index in [1.807, 2.05) is 6.07 Å². The lowest BCUT2D eigenvalue weighted by atomic mass is 10.1. The van der Waals surface area contributed by atoms with E-state index in [9.17, 15) is 9.18 Å². The molecule has 0 aliphatic rings. The first-order chi connectivity index (χ1) is 10.7. The fourth-order valence-electron chi connectivity index (χ4n) is 1.88. The van der Waals surface area contributed by atoms with Gasteiger partial charge in [-0.05, 0) is 36.2 Å². The van der Waals surface area contributed by atoms with Crippen LogP contribution in [0.25, 0.3) is 0 Å². The predicted molar refractivity (Wildman–Crippen MR) is 79.8 cm³/mol. The molecule has 0 heterocycles. The minimum Gasteiger partial charge on any atom is -0.482 e. The van der Waals surface area contributed by atoms with Crippen LogP contribution in [0.2, 0.25) is 0 Å². The van der Waals surface area contributed by atoms with Crippen molar-refractivity contribution in [2.24, 2.45) is 0 Å². The van der Waals surface area contributed by atoms with E-state index in [4.69, 9.17) is 10.00 Å². The Balaban J connectivity index is 1.74. The number of hydrogen-bond donors (Lipinski definition) is 1. The van der Waals surface area contributed by atoms with Crippen LogP contribution in [0.1, 0.15) is 11.1 Å². The van der Waals surface area contributed by atoms with Gasteiger partial charge in [-0.3, -0.25) is 4.79 Å². The summed E-state index contributed by atoms with van der Waals surface area (Å²) in [6.45, 7) is 0.288. The molecule has 1 amide bonds. The van der Waals surface area contributed by atoms with Crippen LogP contribution in [0.3, 0.4) is 0 Å². The smallest absolute Gasteiger partial charge is 0.257 e. The van der Waals surface area contributed by atoms with Gasteiger partial charge in [0.15, 0.2) is 6.61 Å². The number of nitrogens with one attached hydrogen (secondary N) is 1. The number of halogens is 1. The van der Waals surface area contributed by atoms with Gasteiger partial charge in [0, 0.05) is 6.54 Å². The number of hydrogen-bond acceptors (Lipinski definition) is 3. The Hall–Kier alpha value is -2.87. The van der Waals surface area contributed by atoms with Crippen molar-refractivity contribution >= 4 is 5.91 Å². The number of rotatable bonds is 6. The Morgan fingerprint density at radius 3 is 2.64 bits per heavy atom. The summed E-state index contributed by atoms with van der Waals surface area (Å²) in [6, 6.07) is 14.9. The van der Waals surface area contributed by atoms with E-state index in [0.29, 0.717) is 24.3 Å². The van der Waals surface area contributed by atoms with Crippen LogP contribution < -0.4 is 10.1 Å². The molecule has 0 saturated carbocycles. The lowest BCUT2D eigenvalue weighted by Crippen LogP contribution is -2.30. The van der Waals surface area contributed by atoms with Crippen molar-refractivity contribution in [1.82, 2.24) is 5.32 Å². The summed E-state index contributed by atoms with van der Waals surface area (Å²) in [5.41, 5.74) is 1.33. The minimum atomic E-state index is -0.280. The summed E-state index contributed by atoms with van der Waals surface area (Å²) in [6.07, 6.45) is 0.612. The van der Waals surface area contributed by atoms with Crippen molar-refractivity contribution in [2.75, 3.05) is 13.2 Å². The van der Waals surface area contributed by atoms with E-state index >= 15 is 0 Å². The molecule has 2 rings (SSSR count). The van der Waals surface area contributed by atoms with Crippen LogP contribution >= 0.6 is 0 Å². The van der Waals surface area contributed by atoms with Crippen molar-refractivity contribution in [1.29, 1.82) is 5.26 Å². The maximum absolute atomic E-state index is 12.8. The van der Waals surface area contributed by atoms with E-state index in [2.05, 4.69) is 5.32 Å². The molecule has 0 fully saturated rings. The number of benzene rings is 2. The molecule has 0 bridgehead atoms. The second kappa shape index (κ2) is 7.79. The molecule has 0 spiro atoms. The summed E-state index contributed by atoms with van der Waals surface area (Å²) < 4.78 is 18.1. The van der Waals surface area contributed by atoms with Crippen LogP contribution in [0.5, 0.6) is 5.75 Å². The van der Waals surface area contributed by atoms with Crippen LogP contribution in [0, 0.1) is 17.1 Å². The molecule has 0 unspecified atom stereocenters. The van der Waals surface area contributed by atoms with Crippen LogP contribution in [-0.2, 0) is 11.2 Å². The van der Waals surface area contributed by atoms with Crippen molar-refractivity contribution in [3.63, 3.8) is 0 Å². The zero-order valence-corrected chi connectivity index (χ0v) is 11.9. The van der Waals surface area contributed by atoms with E-state index in [0.717, 1.165) is 5.56 Å². The average Bonchev–Trinajstić information content (AvgIpc) is 2.55. The lowest BCUT2D eigenvalue weighted by molar-refractivity contribution is -0.123. The number of carbonyl (C=O) groups is 1. The van der Waals surface area contributed by atoms with Gasteiger partial charge in [-0.2, -0.15) is 5.26 Å². The first kappa shape index (κ1) is 15.5. The molecule has 0 radical (unpaired) electrons. The van der Waals surface area contributed by atoms with E-state index in [1.165, 1.54) is 12.1 Å². The van der Waals surface area contributed by atoms with Crippen molar-refractivity contribution < 1.29 is 13.9 Å². The van der Waals surface area contributed by atoms with Gasteiger partial charge in [-0.15, -0.1) is 0 Å². The minimum absolute atomic E-state index is 0.151. The first-order valence-corrected chi connectivity index (χ1v) is 6.82. The fraction of sp³-hybridized carbons (Fsp3) is 0.176. The third-order valence-corrected chi connectivity index (χ3v) is 3.02. The van der Waals surface area contributed by atoms with Gasteiger partial charge in [-0.1, -0.05) is 24.3 Å². The number of carbonyl (C=O) groups excluding carboxylic acids is 1. The molecule has 0 atom stereocenters. The van der Waals surface area contributed by atoms with Crippen LogP contribution in [0.15, 0.2) is 48.5 Å². The monoisotopic (exact) mass is 298 g/mol. The number of amides is 1. The van der Waals surface area contributed by atoms with Gasteiger partial charge in [0.25, 0.3) is 5.91 Å². The summed E-state index contributed by atoms with van der Waals surface area (Å²) in [7, 11) is 0. The number of para-hydroxylation sites is 1. The average molecular weight is 298 g/mol. The predicted octanol–water partition coefficient (Wildman–Crippen LogP) is 2.44. The Kier molecular flexibility index (Phi) is 5.50. The SMILES string of the molecule is N#Cc1ccccc1OCC(=O)NCCc1ccc(F)cc1. The maximum atomic E-state index is 12.8. The second-order valence-electron chi connectivity index (χ2n) is 4.62. The zero-order valence-electron chi connectivity index (χ0n) is 11.9. The molecular formula is C17H15FN2O2. The van der Waals surface area contributed by atoms with Gasteiger partial charge in [0.05, 0.1) is 5.56 Å². The number of nitriles is 1. The molecule has 2 aromatic carbocycles. The molecule has 22 heavy (non-hydrogen) atoms. The zero-order chi connectivity index (χ0) is 15.8. The maximum Gasteiger partial charge on any atom is 0.257 e. The van der Waals surface area contributed by atoms with Crippen molar-refractivity contribution in [3.8, 4) is 11.8 Å². The van der Waals surface area contributed by atoms with Crippen LogP contribution in [-0.4, -0.2) is 19.1 Å². The first-order valence-electron chi connectivity index (χ1n) is 6.82. The lowest BCUT2D eigenvalue weighted by Gasteiger charge is -2.08. The normalized spacial score (nSPS) is 9.82. The second-order valence-corrected chi connectivity index (χ2v) is 4.62. The molecule has 0 saturated heterocycles. The summed E-state index contributed by atoms with van der Waals surface area (Å²) in [5, 5.41) is 11.6. The highest BCUT2D eigenvalue weighted by Gasteiger charge is 2.06. The van der Waals surface area contributed by atoms with Gasteiger partial charge >= 0.3 is 0 Å². The Morgan fingerprint density at radius 1 is 1.18 bits per heavy atom. The molecule has 0 aliphatic carbocycles. The van der Waals surface area contributed by atoms with E-state index < -0.39 is 0 Å². The fourth-order valence-corrected chi connectivity index (χ4v) is 1.88. The molecule has 0 aromatic heterocycles. The molecule has 1 N–H and O–H groups in total. The van der Waals surface area contributed by atoms with Crippen molar-refractivity contribution in [2.45, 2.75) is 6.42 Å². The molecule has 4 nitrogen and oxygen atoms in total. The van der Waals surface area contributed by atoms with Gasteiger partial charge in [-0.25, -0.2) is 4.39 Å². The van der Waals surface area contributed by atoms with E-state index in [1.54, 1.807) is 36.4 Å². The molecule has 112 valence electrons. The summed E-state index contributed by atoms with van der Waals surface area (Å²) in [4.78, 5) is 11.7. The number of ether oxygens (including phenoxy) is 1. The highest BCUT2D eigenvalue weighted by molar-refractivity contribution is 5.77. The Bertz CT molecular complexity index is 678. The Labute approximate surface area is 128 Å². The third-order valence-electron chi connectivity index (χ3n) is 3.02. The molecular weight excluding hydrogens is 283 g/mol. The topological polar surface area (TPSA) is 62.1 Å². The summed E-state index contributed by atoms with van der Waals surface area (Å²) >= 11 is 0. The standard InChI is InChI=1S/C17H15FN2O2/c18-15-7-5-13(6-8-15)9-10-20-17(21)12-22-16-4-2-1-3-14(16)11-19/h1-8H,9-10,12H2,(H,20,21). The van der Waals surface area contributed by atoms with Crippen molar-refractivity contribution in [3.05, 3.63) is 65.5 Å². The molecule has 2 aromatic rings. The highest BCUT2D eigenvalue weighted by atomic mass is 19.1. The largest absolute Gasteiger partial charge is 0.482 e. The van der Waals surface area contributed by atoms with Gasteiger partial charge in [0.2, 0.25) is 0 Å². The molecule has 5 heteroatoms. The van der Waals surface area contributed by atoms with Gasteiger partial charge < -0.3 is 10.1 Å². The third kappa shape index (κ3) is 4.60. The Morgan fingerprint density at radius 2 is 1.91 bits per heavy atom. The van der Waals surface area contributed by atoms with Gasteiger partial charge in [0.1, 0.15) is 17.6 Å². The highest BCUT2D eigenvalue weighted by Crippen LogP contribution is 2.16. The van der Waals surface area contributed by atoms with Crippen LogP contribution in [0.4, 0.5) is 4.39 Å². The van der Waals surface area contributed by atoms with E-state index in [-0.39, 0.29) is 18.3 Å².